The number of benzene rings is 1. The van der Waals surface area contributed by atoms with Gasteiger partial charge in [0.15, 0.2) is 5.96 Å². The molecule has 0 spiro atoms. The van der Waals surface area contributed by atoms with Gasteiger partial charge in [0, 0.05) is 39.2 Å². The lowest BCUT2D eigenvalue weighted by molar-refractivity contribution is -0.121. The Hall–Kier alpha value is -2.48. The van der Waals surface area contributed by atoms with Crippen molar-refractivity contribution in [3.05, 3.63) is 23.8 Å². The number of aliphatic hydroxyl groups is 1. The number of nitrogens with zero attached hydrogens (tertiary/aromatic N) is 2. The largest absolute Gasteiger partial charge is 0.497 e. The minimum Gasteiger partial charge on any atom is -0.497 e. The monoisotopic (exact) mass is 406 g/mol. The zero-order valence-corrected chi connectivity index (χ0v) is 17.9. The van der Waals surface area contributed by atoms with Gasteiger partial charge in [-0.1, -0.05) is 0 Å². The van der Waals surface area contributed by atoms with Gasteiger partial charge in [-0.25, -0.2) is 0 Å². The normalized spacial score (nSPS) is 16.3. The molecule has 1 saturated heterocycles. The predicted molar refractivity (Wildman–Crippen MR) is 113 cm³/mol. The third-order valence-corrected chi connectivity index (χ3v) is 5.17. The Morgan fingerprint density at radius 2 is 1.86 bits per heavy atom. The molecule has 1 aliphatic rings. The van der Waals surface area contributed by atoms with Crippen LogP contribution in [0, 0.1) is 5.92 Å². The van der Waals surface area contributed by atoms with E-state index < -0.39 is 6.10 Å². The molecule has 0 saturated carbocycles. The van der Waals surface area contributed by atoms with Crippen molar-refractivity contribution in [1.29, 1.82) is 0 Å². The third-order valence-electron chi connectivity index (χ3n) is 5.17. The van der Waals surface area contributed by atoms with Gasteiger partial charge < -0.3 is 30.1 Å². The molecule has 0 radical (unpaired) electrons. The van der Waals surface area contributed by atoms with Crippen molar-refractivity contribution in [3.8, 4) is 11.5 Å². The fourth-order valence-electron chi connectivity index (χ4n) is 3.44. The van der Waals surface area contributed by atoms with Gasteiger partial charge >= 0.3 is 0 Å². The highest BCUT2D eigenvalue weighted by Crippen LogP contribution is 2.27. The first-order valence-corrected chi connectivity index (χ1v) is 10.2. The molecule has 1 aliphatic heterocycles. The van der Waals surface area contributed by atoms with Crippen LogP contribution in [0.1, 0.15) is 37.9 Å². The van der Waals surface area contributed by atoms with Gasteiger partial charge in [0.05, 0.1) is 26.9 Å². The molecule has 0 aromatic heterocycles. The fraction of sp³-hybridized carbons (Fsp3) is 0.619. The van der Waals surface area contributed by atoms with Gasteiger partial charge in [-0.2, -0.15) is 0 Å². The number of carbonyl (C=O) groups is 1. The van der Waals surface area contributed by atoms with Crippen molar-refractivity contribution in [3.63, 3.8) is 0 Å². The molecule has 1 atom stereocenters. The van der Waals surface area contributed by atoms with E-state index in [4.69, 9.17) is 9.47 Å². The number of likely N-dealkylation sites (tertiary alicyclic amines) is 1. The smallest absolute Gasteiger partial charge is 0.220 e. The van der Waals surface area contributed by atoms with Gasteiger partial charge in [0.2, 0.25) is 5.91 Å². The van der Waals surface area contributed by atoms with Crippen LogP contribution in [-0.2, 0) is 4.79 Å². The van der Waals surface area contributed by atoms with E-state index in [-0.39, 0.29) is 12.5 Å². The Bertz CT molecular complexity index is 665. The summed E-state index contributed by atoms with van der Waals surface area (Å²) in [5.74, 6) is 2.56. The van der Waals surface area contributed by atoms with Crippen molar-refractivity contribution in [2.75, 3.05) is 47.4 Å². The van der Waals surface area contributed by atoms with Crippen molar-refractivity contribution in [2.45, 2.75) is 32.3 Å². The van der Waals surface area contributed by atoms with Crippen LogP contribution in [0.4, 0.5) is 0 Å². The number of methoxy groups -OCH3 is 2. The molecule has 8 nitrogen and oxygen atoms in total. The number of aliphatic hydroxyl groups excluding tert-OH is 1. The highest BCUT2D eigenvalue weighted by Gasteiger charge is 2.23. The average Bonchev–Trinajstić information content (AvgIpc) is 2.76. The molecule has 1 unspecified atom stereocenters. The summed E-state index contributed by atoms with van der Waals surface area (Å²) in [5, 5.41) is 16.6. The van der Waals surface area contributed by atoms with Crippen LogP contribution in [0.2, 0.25) is 0 Å². The van der Waals surface area contributed by atoms with E-state index in [0.717, 1.165) is 38.4 Å². The third kappa shape index (κ3) is 6.81. The summed E-state index contributed by atoms with van der Waals surface area (Å²) in [4.78, 5) is 18.4. The van der Waals surface area contributed by atoms with Crippen molar-refractivity contribution in [1.82, 2.24) is 15.5 Å². The summed E-state index contributed by atoms with van der Waals surface area (Å²) in [7, 11) is 4.84. The summed E-state index contributed by atoms with van der Waals surface area (Å²) in [5.41, 5.74) is 0.699. The Labute approximate surface area is 173 Å². The topological polar surface area (TPSA) is 95.4 Å². The van der Waals surface area contributed by atoms with Gasteiger partial charge in [0.25, 0.3) is 0 Å². The van der Waals surface area contributed by atoms with Crippen molar-refractivity contribution < 1.29 is 19.4 Å². The lowest BCUT2D eigenvalue weighted by atomic mass is 9.93. The second kappa shape index (κ2) is 11.5. The molecule has 162 valence electrons. The van der Waals surface area contributed by atoms with Crippen LogP contribution in [0.3, 0.4) is 0 Å². The first kappa shape index (κ1) is 22.8. The van der Waals surface area contributed by atoms with Crippen LogP contribution in [-0.4, -0.2) is 69.3 Å². The van der Waals surface area contributed by atoms with E-state index in [1.165, 1.54) is 0 Å². The summed E-state index contributed by atoms with van der Waals surface area (Å²) in [6.45, 7) is 4.70. The number of amides is 1. The Morgan fingerprint density at radius 3 is 2.38 bits per heavy atom. The first-order chi connectivity index (χ1) is 14.0. The lowest BCUT2D eigenvalue weighted by Crippen LogP contribution is -2.46. The second-order valence-electron chi connectivity index (χ2n) is 7.16. The Balaban J connectivity index is 2.01. The minimum absolute atomic E-state index is 0.0980. The zero-order chi connectivity index (χ0) is 21.2. The van der Waals surface area contributed by atoms with Gasteiger partial charge in [-0.05, 0) is 43.4 Å². The first-order valence-electron chi connectivity index (χ1n) is 10.2. The number of ether oxygens (including phenoxy) is 2. The van der Waals surface area contributed by atoms with Crippen LogP contribution in [0.5, 0.6) is 11.5 Å². The van der Waals surface area contributed by atoms with E-state index in [1.807, 2.05) is 6.92 Å². The van der Waals surface area contributed by atoms with Crippen LogP contribution in [0.25, 0.3) is 0 Å². The molecule has 0 aliphatic carbocycles. The maximum absolute atomic E-state index is 11.6. The average molecular weight is 407 g/mol. The molecule has 8 heteroatoms. The van der Waals surface area contributed by atoms with Gasteiger partial charge in [0.1, 0.15) is 11.5 Å². The predicted octanol–water partition coefficient (Wildman–Crippen LogP) is 1.55. The molecule has 1 aromatic rings. The molecule has 1 heterocycles. The molecule has 1 aromatic carbocycles. The highest BCUT2D eigenvalue weighted by atomic mass is 16.5. The lowest BCUT2D eigenvalue weighted by Gasteiger charge is -2.34. The maximum atomic E-state index is 11.6. The van der Waals surface area contributed by atoms with Gasteiger partial charge in [-0.3, -0.25) is 9.79 Å². The number of guanidine groups is 1. The van der Waals surface area contributed by atoms with E-state index in [9.17, 15) is 9.90 Å². The number of hydrogen-bond donors (Lipinski definition) is 3. The number of nitrogens with one attached hydrogen (secondary N) is 2. The Morgan fingerprint density at radius 1 is 1.24 bits per heavy atom. The minimum atomic E-state index is -0.765. The zero-order valence-electron chi connectivity index (χ0n) is 17.9. The molecule has 29 heavy (non-hydrogen) atoms. The summed E-state index contributed by atoms with van der Waals surface area (Å²) in [6.07, 6.45) is 1.72. The number of hydrogen-bond acceptors (Lipinski definition) is 5. The molecule has 1 amide bonds. The van der Waals surface area contributed by atoms with Crippen LogP contribution >= 0.6 is 0 Å². The number of rotatable bonds is 8. The Kier molecular flexibility index (Phi) is 9.05. The summed E-state index contributed by atoms with van der Waals surface area (Å²) < 4.78 is 10.6. The molecule has 0 bridgehead atoms. The number of carbonyl (C=O) groups excluding carboxylic acids is 1. The molecule has 3 N–H and O–H groups in total. The van der Waals surface area contributed by atoms with Crippen molar-refractivity contribution in [2.24, 2.45) is 10.9 Å². The second-order valence-corrected chi connectivity index (χ2v) is 7.16. The van der Waals surface area contributed by atoms with Crippen LogP contribution in [0.15, 0.2) is 23.2 Å². The quantitative estimate of drug-likeness (QED) is 0.448. The number of aliphatic imine (C=N–C) groups is 1. The van der Waals surface area contributed by atoms with Crippen LogP contribution < -0.4 is 20.1 Å². The standard InChI is InChI=1S/C21H34N4O4/c1-5-23-21(25-8-6-15(7-9-25)10-20(27)22-2)24-14-19(26)16-11-17(28-3)13-18(12-16)29-4/h11-13,15,19,26H,5-10,14H2,1-4H3,(H,22,27)(H,23,24). The molecule has 2 rings (SSSR count). The SMILES string of the molecule is CCNC(=NCC(O)c1cc(OC)cc(OC)c1)N1CCC(CC(=O)NC)CC1. The molecular weight excluding hydrogens is 372 g/mol. The van der Waals surface area contributed by atoms with Crippen molar-refractivity contribution >= 4 is 11.9 Å². The molecular formula is C21H34N4O4. The molecule has 1 fully saturated rings. The summed E-state index contributed by atoms with van der Waals surface area (Å²) >= 11 is 0. The highest BCUT2D eigenvalue weighted by molar-refractivity contribution is 5.80. The summed E-state index contributed by atoms with van der Waals surface area (Å²) in [6, 6.07) is 5.35. The van der Waals surface area contributed by atoms with E-state index >= 15 is 0 Å². The maximum Gasteiger partial charge on any atom is 0.220 e. The fourth-order valence-corrected chi connectivity index (χ4v) is 3.44. The number of piperidine rings is 1. The van der Waals surface area contributed by atoms with E-state index in [2.05, 4.69) is 20.5 Å². The van der Waals surface area contributed by atoms with E-state index in [1.54, 1.807) is 39.5 Å². The van der Waals surface area contributed by atoms with Gasteiger partial charge in [-0.15, -0.1) is 0 Å². The van der Waals surface area contributed by atoms with E-state index in [0.29, 0.717) is 29.4 Å².